The van der Waals surface area contributed by atoms with E-state index in [0.717, 1.165) is 0 Å². The highest BCUT2D eigenvalue weighted by molar-refractivity contribution is 7.15. The number of benzene rings is 1. The number of amides is 2. The summed E-state index contributed by atoms with van der Waals surface area (Å²) in [5.41, 5.74) is 0.947. The molecule has 156 valence electrons. The molecule has 1 N–H and O–H groups in total. The van der Waals surface area contributed by atoms with Crippen LogP contribution in [0.1, 0.15) is 43.5 Å². The molecule has 8 nitrogen and oxygen atoms in total. The van der Waals surface area contributed by atoms with E-state index < -0.39 is 23.2 Å². The van der Waals surface area contributed by atoms with Crippen molar-refractivity contribution in [2.24, 2.45) is 0 Å². The third kappa shape index (κ3) is 3.65. The van der Waals surface area contributed by atoms with Crippen LogP contribution in [0.4, 0.5) is 18.3 Å². The third-order valence-electron chi connectivity index (χ3n) is 4.64. The maximum Gasteiger partial charge on any atom is 0.291 e. The van der Waals surface area contributed by atoms with E-state index in [2.05, 4.69) is 20.6 Å². The summed E-state index contributed by atoms with van der Waals surface area (Å²) in [5.74, 6) is -1.45. The van der Waals surface area contributed by atoms with Gasteiger partial charge in [0, 0.05) is 24.2 Å². The number of nitrogens with one attached hydrogen (secondary N) is 1. The van der Waals surface area contributed by atoms with Gasteiger partial charge in [0.05, 0.1) is 6.54 Å². The number of hydrogen-bond acceptors (Lipinski definition) is 6. The van der Waals surface area contributed by atoms with Gasteiger partial charge in [-0.2, -0.15) is 5.10 Å². The Morgan fingerprint density at radius 3 is 2.73 bits per heavy atom. The Labute approximate surface area is 172 Å². The molecule has 0 saturated carbocycles. The lowest BCUT2D eigenvalue weighted by Gasteiger charge is -2.28. The summed E-state index contributed by atoms with van der Waals surface area (Å²) in [5, 5.41) is 12.8. The van der Waals surface area contributed by atoms with Gasteiger partial charge in [-0.05, 0) is 13.0 Å². The third-order valence-corrected chi connectivity index (χ3v) is 5.49. The lowest BCUT2D eigenvalue weighted by atomic mass is 10.1. The van der Waals surface area contributed by atoms with Gasteiger partial charge in [0.15, 0.2) is 10.7 Å². The van der Waals surface area contributed by atoms with Crippen LogP contribution in [0.25, 0.3) is 0 Å². The molecule has 0 aliphatic carbocycles. The van der Waals surface area contributed by atoms with Crippen LogP contribution in [0.3, 0.4) is 0 Å². The van der Waals surface area contributed by atoms with Crippen molar-refractivity contribution < 1.29 is 22.8 Å². The first-order valence-corrected chi connectivity index (χ1v) is 9.69. The van der Waals surface area contributed by atoms with E-state index in [0.29, 0.717) is 35.6 Å². The van der Waals surface area contributed by atoms with Gasteiger partial charge in [0.2, 0.25) is 5.13 Å². The second kappa shape index (κ2) is 7.86. The zero-order valence-electron chi connectivity index (χ0n) is 15.6. The lowest BCUT2D eigenvalue weighted by molar-refractivity contribution is 0.0680. The number of carbonyl (C=O) groups is 2. The fourth-order valence-corrected chi connectivity index (χ4v) is 3.77. The second-order valence-corrected chi connectivity index (χ2v) is 7.57. The summed E-state index contributed by atoms with van der Waals surface area (Å²) in [6.07, 6.45) is -2.78. The van der Waals surface area contributed by atoms with Crippen LogP contribution in [0.15, 0.2) is 24.3 Å². The summed E-state index contributed by atoms with van der Waals surface area (Å²) in [4.78, 5) is 27.0. The zero-order chi connectivity index (χ0) is 21.4. The Bertz CT molecular complexity index is 1130. The maximum absolute atomic E-state index is 14.0. The normalized spacial score (nSPS) is 13.6. The molecule has 1 aliphatic rings. The van der Waals surface area contributed by atoms with Crippen LogP contribution in [0.2, 0.25) is 0 Å². The van der Waals surface area contributed by atoms with Crippen molar-refractivity contribution in [1.29, 1.82) is 0 Å². The first kappa shape index (κ1) is 20.0. The smallest absolute Gasteiger partial charge is 0.291 e. The van der Waals surface area contributed by atoms with Crippen molar-refractivity contribution in [2.45, 2.75) is 26.4 Å². The van der Waals surface area contributed by atoms with E-state index in [1.807, 2.05) is 0 Å². The number of aromatic nitrogens is 4. The number of halogens is 3. The minimum Gasteiger partial charge on any atom is -0.331 e. The second-order valence-electron chi connectivity index (χ2n) is 6.56. The Hall–Kier alpha value is -3.28. The van der Waals surface area contributed by atoms with Gasteiger partial charge in [0.25, 0.3) is 18.2 Å². The van der Waals surface area contributed by atoms with E-state index in [4.69, 9.17) is 0 Å². The van der Waals surface area contributed by atoms with Crippen LogP contribution < -0.4 is 5.32 Å². The van der Waals surface area contributed by atoms with Crippen molar-refractivity contribution in [3.8, 4) is 0 Å². The van der Waals surface area contributed by atoms with Gasteiger partial charge in [-0.15, -0.1) is 10.2 Å². The predicted molar refractivity (Wildman–Crippen MR) is 101 cm³/mol. The molecule has 1 aliphatic heterocycles. The highest BCUT2D eigenvalue weighted by Crippen LogP contribution is 2.26. The summed E-state index contributed by atoms with van der Waals surface area (Å²) in [7, 11) is 0. The maximum atomic E-state index is 14.0. The first-order valence-electron chi connectivity index (χ1n) is 8.88. The molecule has 3 heterocycles. The molecule has 0 unspecified atom stereocenters. The van der Waals surface area contributed by atoms with Crippen LogP contribution in [0, 0.1) is 12.7 Å². The summed E-state index contributed by atoms with van der Waals surface area (Å²) in [6, 6.07) is 6.20. The van der Waals surface area contributed by atoms with E-state index in [-0.39, 0.29) is 29.0 Å². The van der Waals surface area contributed by atoms with E-state index in [9.17, 15) is 22.8 Å². The summed E-state index contributed by atoms with van der Waals surface area (Å²) < 4.78 is 40.6. The van der Waals surface area contributed by atoms with Crippen LogP contribution in [-0.4, -0.2) is 43.2 Å². The molecule has 2 aromatic heterocycles. The first-order chi connectivity index (χ1) is 14.3. The SMILES string of the molecule is Cc1c(C(=O)Nc2nnc(C(F)F)s2)nn2c1C(=O)N(Cc1ccccc1F)CC2. The molecule has 12 heteroatoms. The number of anilines is 1. The quantitative estimate of drug-likeness (QED) is 0.664. The van der Waals surface area contributed by atoms with Crippen molar-refractivity contribution in [3.05, 3.63) is 57.6 Å². The fourth-order valence-electron chi connectivity index (χ4n) is 3.18. The molecule has 2 amide bonds. The average Bonchev–Trinajstić information content (AvgIpc) is 3.31. The summed E-state index contributed by atoms with van der Waals surface area (Å²) in [6.45, 7) is 2.30. The number of hydrogen-bond donors (Lipinski definition) is 1. The largest absolute Gasteiger partial charge is 0.331 e. The van der Waals surface area contributed by atoms with Crippen molar-refractivity contribution in [3.63, 3.8) is 0 Å². The van der Waals surface area contributed by atoms with Crippen molar-refractivity contribution in [2.75, 3.05) is 11.9 Å². The van der Waals surface area contributed by atoms with Gasteiger partial charge in [-0.1, -0.05) is 29.5 Å². The van der Waals surface area contributed by atoms with E-state index >= 15 is 0 Å². The molecule has 30 heavy (non-hydrogen) atoms. The molecule has 1 aromatic carbocycles. The number of fused-ring (bicyclic) bond motifs is 1. The van der Waals surface area contributed by atoms with Crippen LogP contribution in [0.5, 0.6) is 0 Å². The van der Waals surface area contributed by atoms with E-state index in [1.165, 1.54) is 15.6 Å². The molecule has 0 radical (unpaired) electrons. The minimum absolute atomic E-state index is 0.0140. The zero-order valence-corrected chi connectivity index (χ0v) is 16.4. The monoisotopic (exact) mass is 436 g/mol. The number of carbonyl (C=O) groups excluding carboxylic acids is 2. The standard InChI is InChI=1S/C18H15F3N6O2S/c1-9-12(15(28)22-18-24-23-16(30-18)14(20)21)25-27-7-6-26(17(29)13(9)27)8-10-4-2-3-5-11(10)19/h2-5,14H,6-8H2,1H3,(H,22,24,28). The minimum atomic E-state index is -2.78. The Balaban J connectivity index is 1.54. The summed E-state index contributed by atoms with van der Waals surface area (Å²) >= 11 is 0.559. The molecule has 0 atom stereocenters. The Kier molecular flexibility index (Phi) is 5.24. The van der Waals surface area contributed by atoms with E-state index in [1.54, 1.807) is 25.1 Å². The van der Waals surface area contributed by atoms with Crippen LogP contribution in [-0.2, 0) is 13.1 Å². The molecule has 4 rings (SSSR count). The molecular formula is C18H15F3N6O2S. The molecule has 0 spiro atoms. The average molecular weight is 436 g/mol. The molecule has 0 fully saturated rings. The number of rotatable bonds is 5. The Morgan fingerprint density at radius 1 is 1.27 bits per heavy atom. The molecule has 3 aromatic rings. The van der Waals surface area contributed by atoms with Crippen LogP contribution >= 0.6 is 11.3 Å². The van der Waals surface area contributed by atoms with Crippen molar-refractivity contribution in [1.82, 2.24) is 24.9 Å². The van der Waals surface area contributed by atoms with Gasteiger partial charge >= 0.3 is 0 Å². The van der Waals surface area contributed by atoms with Gasteiger partial charge in [-0.25, -0.2) is 13.2 Å². The molecular weight excluding hydrogens is 421 g/mol. The fraction of sp³-hybridized carbons (Fsp3) is 0.278. The van der Waals surface area contributed by atoms with Gasteiger partial charge in [0.1, 0.15) is 11.5 Å². The van der Waals surface area contributed by atoms with Gasteiger partial charge in [-0.3, -0.25) is 19.6 Å². The highest BCUT2D eigenvalue weighted by Gasteiger charge is 2.32. The number of alkyl halides is 2. The molecule has 0 saturated heterocycles. The predicted octanol–water partition coefficient (Wildman–Crippen LogP) is 3.03. The van der Waals surface area contributed by atoms with Crippen molar-refractivity contribution >= 4 is 28.3 Å². The highest BCUT2D eigenvalue weighted by atomic mass is 32.1. The number of nitrogens with zero attached hydrogens (tertiary/aromatic N) is 5. The lowest BCUT2D eigenvalue weighted by Crippen LogP contribution is -2.40. The van der Waals surface area contributed by atoms with Gasteiger partial charge < -0.3 is 4.90 Å². The molecule has 0 bridgehead atoms. The Morgan fingerprint density at radius 2 is 2.03 bits per heavy atom. The topological polar surface area (TPSA) is 93.0 Å².